The normalized spacial score (nSPS) is 12.2. The van der Waals surface area contributed by atoms with Crippen molar-refractivity contribution >= 4 is 5.97 Å². The molecule has 5 heteroatoms. The molecule has 1 unspecified atom stereocenters. The Labute approximate surface area is 80.1 Å². The van der Waals surface area contributed by atoms with Gasteiger partial charge in [0.15, 0.2) is 0 Å². The zero-order valence-corrected chi connectivity index (χ0v) is 7.53. The fourth-order valence-corrected chi connectivity index (χ4v) is 1.12. The first-order valence-electron chi connectivity index (χ1n) is 3.88. The number of nitrogens with two attached hydrogens (primary N) is 1. The van der Waals surface area contributed by atoms with Crippen LogP contribution >= 0.6 is 0 Å². The van der Waals surface area contributed by atoms with Gasteiger partial charge in [-0.25, -0.2) is 4.39 Å². The summed E-state index contributed by atoms with van der Waals surface area (Å²) in [6.07, 6.45) is 0. The third-order valence-corrected chi connectivity index (χ3v) is 1.81. The molecule has 4 nitrogen and oxygen atoms in total. The standard InChI is InChI=1S/C9H10FNO3/c1-14-6-4-2-3-5(10)7(6)8(11)9(12)13/h2-4,8H,11H2,1H3,(H,12,13). The van der Waals surface area contributed by atoms with Gasteiger partial charge in [-0.1, -0.05) is 6.07 Å². The molecule has 1 aromatic carbocycles. The molecule has 1 rings (SSSR count). The van der Waals surface area contributed by atoms with Crippen molar-refractivity contribution in [1.82, 2.24) is 0 Å². The topological polar surface area (TPSA) is 72.5 Å². The van der Waals surface area contributed by atoms with Crippen molar-refractivity contribution in [1.29, 1.82) is 0 Å². The van der Waals surface area contributed by atoms with E-state index >= 15 is 0 Å². The van der Waals surface area contributed by atoms with Crippen LogP contribution in [0.15, 0.2) is 18.2 Å². The second-order valence-corrected chi connectivity index (χ2v) is 2.67. The number of halogens is 1. The molecule has 0 aliphatic heterocycles. The van der Waals surface area contributed by atoms with Crippen molar-refractivity contribution in [2.45, 2.75) is 6.04 Å². The van der Waals surface area contributed by atoms with E-state index in [1.807, 2.05) is 0 Å². The van der Waals surface area contributed by atoms with Crippen LogP contribution in [0.2, 0.25) is 0 Å². The molecule has 0 aliphatic rings. The van der Waals surface area contributed by atoms with Crippen molar-refractivity contribution in [3.63, 3.8) is 0 Å². The van der Waals surface area contributed by atoms with E-state index in [2.05, 4.69) is 0 Å². The molecule has 14 heavy (non-hydrogen) atoms. The molecule has 1 aromatic rings. The summed E-state index contributed by atoms with van der Waals surface area (Å²) in [5.74, 6) is -1.84. The number of hydrogen-bond acceptors (Lipinski definition) is 3. The van der Waals surface area contributed by atoms with Gasteiger partial charge in [0.2, 0.25) is 0 Å². The maximum absolute atomic E-state index is 13.2. The van der Waals surface area contributed by atoms with E-state index in [1.165, 1.54) is 19.2 Å². The molecule has 0 aromatic heterocycles. The van der Waals surface area contributed by atoms with Crippen LogP contribution < -0.4 is 10.5 Å². The molecule has 0 spiro atoms. The predicted octanol–water partition coefficient (Wildman–Crippen LogP) is 0.919. The summed E-state index contributed by atoms with van der Waals surface area (Å²) >= 11 is 0. The summed E-state index contributed by atoms with van der Waals surface area (Å²) in [5.41, 5.74) is 5.16. The van der Waals surface area contributed by atoms with E-state index in [-0.39, 0.29) is 11.3 Å². The molecular formula is C9H10FNO3. The number of rotatable bonds is 3. The highest BCUT2D eigenvalue weighted by molar-refractivity contribution is 5.76. The van der Waals surface area contributed by atoms with E-state index < -0.39 is 17.8 Å². The van der Waals surface area contributed by atoms with Crippen LogP contribution in [0.3, 0.4) is 0 Å². The van der Waals surface area contributed by atoms with Crippen LogP contribution in [-0.2, 0) is 4.79 Å². The summed E-state index contributed by atoms with van der Waals surface area (Å²) in [4.78, 5) is 10.6. The average molecular weight is 199 g/mol. The molecule has 0 aliphatic carbocycles. The number of carboxylic acid groups (broad SMARTS) is 1. The molecular weight excluding hydrogens is 189 g/mol. The zero-order chi connectivity index (χ0) is 10.7. The maximum Gasteiger partial charge on any atom is 0.325 e. The number of ether oxygens (including phenoxy) is 1. The Hall–Kier alpha value is -1.62. The molecule has 0 heterocycles. The number of carboxylic acids is 1. The molecule has 0 radical (unpaired) electrons. The van der Waals surface area contributed by atoms with Crippen LogP contribution in [0.4, 0.5) is 4.39 Å². The molecule has 76 valence electrons. The van der Waals surface area contributed by atoms with Gasteiger partial charge in [-0.05, 0) is 12.1 Å². The second-order valence-electron chi connectivity index (χ2n) is 2.67. The van der Waals surface area contributed by atoms with E-state index in [4.69, 9.17) is 15.6 Å². The first-order valence-corrected chi connectivity index (χ1v) is 3.88. The van der Waals surface area contributed by atoms with Crippen LogP contribution in [-0.4, -0.2) is 18.2 Å². The largest absolute Gasteiger partial charge is 0.496 e. The highest BCUT2D eigenvalue weighted by Crippen LogP contribution is 2.26. The van der Waals surface area contributed by atoms with Crippen molar-refractivity contribution in [2.24, 2.45) is 5.73 Å². The lowest BCUT2D eigenvalue weighted by atomic mass is 10.1. The lowest BCUT2D eigenvalue weighted by Crippen LogP contribution is -2.22. The van der Waals surface area contributed by atoms with Gasteiger partial charge in [-0.15, -0.1) is 0 Å². The second kappa shape index (κ2) is 4.06. The summed E-state index contributed by atoms with van der Waals surface area (Å²) < 4.78 is 18.0. The monoisotopic (exact) mass is 199 g/mol. The number of aliphatic carboxylic acids is 1. The van der Waals surface area contributed by atoms with Gasteiger partial charge in [0.1, 0.15) is 17.6 Å². The van der Waals surface area contributed by atoms with Gasteiger partial charge >= 0.3 is 5.97 Å². The van der Waals surface area contributed by atoms with Crippen LogP contribution in [0, 0.1) is 5.82 Å². The lowest BCUT2D eigenvalue weighted by Gasteiger charge is -2.12. The van der Waals surface area contributed by atoms with Crippen molar-refractivity contribution < 1.29 is 19.0 Å². The van der Waals surface area contributed by atoms with Gasteiger partial charge in [0.25, 0.3) is 0 Å². The van der Waals surface area contributed by atoms with Crippen LogP contribution in [0.5, 0.6) is 5.75 Å². The third-order valence-electron chi connectivity index (χ3n) is 1.81. The third kappa shape index (κ3) is 1.82. The minimum absolute atomic E-state index is 0.137. The Morgan fingerprint density at radius 3 is 2.79 bits per heavy atom. The fourth-order valence-electron chi connectivity index (χ4n) is 1.12. The molecule has 0 saturated carbocycles. The average Bonchev–Trinajstić information content (AvgIpc) is 2.16. The first-order chi connectivity index (χ1) is 6.57. The Bertz CT molecular complexity index is 354. The molecule has 0 amide bonds. The maximum atomic E-state index is 13.2. The SMILES string of the molecule is COc1cccc(F)c1C(N)C(=O)O. The molecule has 0 bridgehead atoms. The number of carbonyl (C=O) groups is 1. The van der Waals surface area contributed by atoms with Gasteiger partial charge in [-0.2, -0.15) is 0 Å². The molecule has 0 fully saturated rings. The fraction of sp³-hybridized carbons (Fsp3) is 0.222. The quantitative estimate of drug-likeness (QED) is 0.759. The van der Waals surface area contributed by atoms with E-state index in [0.29, 0.717) is 0 Å². The van der Waals surface area contributed by atoms with Gasteiger partial charge < -0.3 is 15.6 Å². The van der Waals surface area contributed by atoms with E-state index in [9.17, 15) is 9.18 Å². The number of benzene rings is 1. The molecule has 0 saturated heterocycles. The zero-order valence-electron chi connectivity index (χ0n) is 7.53. The Morgan fingerprint density at radius 1 is 1.64 bits per heavy atom. The van der Waals surface area contributed by atoms with Gasteiger partial charge in [0.05, 0.1) is 12.7 Å². The Morgan fingerprint density at radius 2 is 2.29 bits per heavy atom. The van der Waals surface area contributed by atoms with Crippen molar-refractivity contribution in [3.8, 4) is 5.75 Å². The minimum atomic E-state index is -1.41. The van der Waals surface area contributed by atoms with E-state index in [0.717, 1.165) is 6.07 Å². The van der Waals surface area contributed by atoms with Crippen LogP contribution in [0.25, 0.3) is 0 Å². The Balaban J connectivity index is 3.23. The molecule has 3 N–H and O–H groups in total. The van der Waals surface area contributed by atoms with Crippen molar-refractivity contribution in [2.75, 3.05) is 7.11 Å². The minimum Gasteiger partial charge on any atom is -0.496 e. The smallest absolute Gasteiger partial charge is 0.325 e. The van der Waals surface area contributed by atoms with Crippen molar-refractivity contribution in [3.05, 3.63) is 29.6 Å². The predicted molar refractivity (Wildman–Crippen MR) is 47.5 cm³/mol. The van der Waals surface area contributed by atoms with Gasteiger partial charge in [0, 0.05) is 0 Å². The Kier molecular flexibility index (Phi) is 3.03. The summed E-state index contributed by atoms with van der Waals surface area (Å²) in [6, 6.07) is 2.61. The highest BCUT2D eigenvalue weighted by atomic mass is 19.1. The van der Waals surface area contributed by atoms with Gasteiger partial charge in [-0.3, -0.25) is 4.79 Å². The summed E-state index contributed by atoms with van der Waals surface area (Å²) in [7, 11) is 1.33. The summed E-state index contributed by atoms with van der Waals surface area (Å²) in [5, 5.41) is 8.63. The summed E-state index contributed by atoms with van der Waals surface area (Å²) in [6.45, 7) is 0. The van der Waals surface area contributed by atoms with Crippen LogP contribution in [0.1, 0.15) is 11.6 Å². The first kappa shape index (κ1) is 10.5. The lowest BCUT2D eigenvalue weighted by molar-refractivity contribution is -0.138. The highest BCUT2D eigenvalue weighted by Gasteiger charge is 2.22. The molecule has 1 atom stereocenters. The van der Waals surface area contributed by atoms with E-state index in [1.54, 1.807) is 0 Å². The number of hydrogen-bond donors (Lipinski definition) is 2. The number of methoxy groups -OCH3 is 1.